The average Bonchev–Trinajstić information content (AvgIpc) is 2.72. The van der Waals surface area contributed by atoms with Crippen LogP contribution in [0.25, 0.3) is 0 Å². The lowest BCUT2D eigenvalue weighted by atomic mass is 9.74. The number of hydrogen-bond donors (Lipinski definition) is 0. The molecule has 0 saturated carbocycles. The van der Waals surface area contributed by atoms with Gasteiger partial charge in [-0.2, -0.15) is 0 Å². The molecular weight excluding hydrogens is 232 g/mol. The van der Waals surface area contributed by atoms with Crippen LogP contribution in [0.5, 0.6) is 0 Å². The molecule has 1 aliphatic carbocycles. The highest BCUT2D eigenvalue weighted by molar-refractivity contribution is 5.29. The third-order valence-corrected chi connectivity index (χ3v) is 5.11. The van der Waals surface area contributed by atoms with Crippen molar-refractivity contribution in [3.8, 4) is 0 Å². The minimum absolute atomic E-state index is 0.0692. The normalized spacial score (nSPS) is 33.6. The van der Waals surface area contributed by atoms with Gasteiger partial charge in [0.15, 0.2) is 0 Å². The molecule has 3 atom stereocenters. The first-order chi connectivity index (χ1) is 9.02. The molecule has 0 spiro atoms. The maximum Gasteiger partial charge on any atom is 0.0898 e. The average molecular weight is 256 g/mol. The lowest BCUT2D eigenvalue weighted by molar-refractivity contribution is -0.0707. The molecule has 0 N–H and O–H groups in total. The van der Waals surface area contributed by atoms with Gasteiger partial charge in [0.05, 0.1) is 11.7 Å². The molecule has 0 aromatic heterocycles. The molecule has 3 rings (SSSR count). The van der Waals surface area contributed by atoms with Crippen LogP contribution in [0.15, 0.2) is 35.9 Å². The maximum atomic E-state index is 6.58. The van der Waals surface area contributed by atoms with Crippen LogP contribution in [0.1, 0.15) is 50.8 Å². The van der Waals surface area contributed by atoms with Gasteiger partial charge in [-0.1, -0.05) is 55.3 Å². The Morgan fingerprint density at radius 2 is 1.84 bits per heavy atom. The molecular formula is C18H24O. The smallest absolute Gasteiger partial charge is 0.0898 e. The molecule has 2 aliphatic rings. The van der Waals surface area contributed by atoms with Crippen LogP contribution in [0.2, 0.25) is 0 Å². The first-order valence-corrected chi connectivity index (χ1v) is 7.43. The van der Waals surface area contributed by atoms with Crippen LogP contribution >= 0.6 is 0 Å². The number of rotatable bonds is 2. The molecule has 19 heavy (non-hydrogen) atoms. The molecule has 1 saturated heterocycles. The number of ether oxygens (including phenoxy) is 1. The number of hydrogen-bond acceptors (Lipinski definition) is 1. The first kappa shape index (κ1) is 12.9. The second-order valence-electron chi connectivity index (χ2n) is 6.63. The Kier molecular flexibility index (Phi) is 3.05. The Morgan fingerprint density at radius 3 is 2.47 bits per heavy atom. The quantitative estimate of drug-likeness (QED) is 0.689. The molecule has 1 nitrogen and oxygen atoms in total. The largest absolute Gasteiger partial charge is 0.366 e. The van der Waals surface area contributed by atoms with Crippen molar-refractivity contribution < 1.29 is 4.74 Å². The molecule has 1 heterocycles. The van der Waals surface area contributed by atoms with Gasteiger partial charge in [0.2, 0.25) is 0 Å². The Bertz CT molecular complexity index is 497. The van der Waals surface area contributed by atoms with E-state index in [1.807, 2.05) is 0 Å². The summed E-state index contributed by atoms with van der Waals surface area (Å²) in [4.78, 5) is 0. The third-order valence-electron chi connectivity index (χ3n) is 5.11. The van der Waals surface area contributed by atoms with Gasteiger partial charge in [-0.3, -0.25) is 0 Å². The Morgan fingerprint density at radius 1 is 1.16 bits per heavy atom. The Balaban J connectivity index is 1.96. The zero-order valence-electron chi connectivity index (χ0n) is 12.4. The van der Waals surface area contributed by atoms with E-state index < -0.39 is 0 Å². The Labute approximate surface area is 116 Å². The molecule has 1 aromatic rings. The van der Waals surface area contributed by atoms with Crippen LogP contribution in [-0.4, -0.2) is 5.60 Å². The van der Waals surface area contributed by atoms with Crippen LogP contribution in [0, 0.1) is 18.8 Å². The summed E-state index contributed by atoms with van der Waals surface area (Å²) < 4.78 is 6.58. The molecule has 1 heteroatoms. The molecule has 102 valence electrons. The van der Waals surface area contributed by atoms with Gasteiger partial charge in [-0.25, -0.2) is 0 Å². The van der Waals surface area contributed by atoms with Crippen molar-refractivity contribution in [3.05, 3.63) is 47.0 Å². The summed E-state index contributed by atoms with van der Waals surface area (Å²) in [5.74, 6) is 1.15. The van der Waals surface area contributed by atoms with E-state index in [4.69, 9.17) is 4.74 Å². The van der Waals surface area contributed by atoms with E-state index in [0.717, 1.165) is 6.42 Å². The zero-order chi connectivity index (χ0) is 13.6. The lowest BCUT2D eigenvalue weighted by Gasteiger charge is -2.34. The molecule has 0 radical (unpaired) electrons. The fourth-order valence-corrected chi connectivity index (χ4v) is 3.54. The minimum atomic E-state index is 0.0692. The van der Waals surface area contributed by atoms with E-state index >= 15 is 0 Å². The number of fused-ring (bicyclic) bond motifs is 2. The molecule has 0 unspecified atom stereocenters. The van der Waals surface area contributed by atoms with Gasteiger partial charge in [-0.05, 0) is 38.2 Å². The summed E-state index contributed by atoms with van der Waals surface area (Å²) in [7, 11) is 0. The van der Waals surface area contributed by atoms with Crippen molar-refractivity contribution in [2.45, 2.75) is 52.2 Å². The molecule has 2 bridgehead atoms. The van der Waals surface area contributed by atoms with Crippen molar-refractivity contribution in [2.75, 3.05) is 0 Å². The SMILES string of the molecule is CC1=CC[C@]2(C(C)C)C[C@H]1[C@H](c1ccc(C)cc1)O2. The number of benzene rings is 1. The van der Waals surface area contributed by atoms with Gasteiger partial charge in [-0.15, -0.1) is 0 Å². The van der Waals surface area contributed by atoms with Crippen LogP contribution in [0.4, 0.5) is 0 Å². The summed E-state index contributed by atoms with van der Waals surface area (Å²) in [5, 5.41) is 0. The molecule has 1 aromatic carbocycles. The van der Waals surface area contributed by atoms with E-state index in [1.54, 1.807) is 0 Å². The predicted molar refractivity (Wildman–Crippen MR) is 79.1 cm³/mol. The highest BCUT2D eigenvalue weighted by Crippen LogP contribution is 2.54. The van der Waals surface area contributed by atoms with E-state index in [0.29, 0.717) is 11.8 Å². The summed E-state index contributed by atoms with van der Waals surface area (Å²) in [5.41, 5.74) is 4.24. The Hall–Kier alpha value is -1.08. The van der Waals surface area contributed by atoms with Crippen molar-refractivity contribution in [2.24, 2.45) is 11.8 Å². The summed E-state index contributed by atoms with van der Waals surface area (Å²) in [6.45, 7) is 9.00. The van der Waals surface area contributed by atoms with Crippen LogP contribution in [0.3, 0.4) is 0 Å². The van der Waals surface area contributed by atoms with Crippen LogP contribution in [-0.2, 0) is 4.74 Å². The second-order valence-corrected chi connectivity index (χ2v) is 6.63. The topological polar surface area (TPSA) is 9.23 Å². The van der Waals surface area contributed by atoms with Gasteiger partial charge >= 0.3 is 0 Å². The zero-order valence-corrected chi connectivity index (χ0v) is 12.4. The molecule has 0 amide bonds. The predicted octanol–water partition coefficient (Wildman–Crippen LogP) is 4.82. The standard InChI is InChI=1S/C18H24O/c1-12(2)18-10-9-14(4)16(11-18)17(19-18)15-7-5-13(3)6-8-15/h5-9,12,16-17H,10-11H2,1-4H3/t16-,17+,18-/m1/s1. The highest BCUT2D eigenvalue weighted by Gasteiger charge is 2.50. The maximum absolute atomic E-state index is 6.58. The molecule has 1 aliphatic heterocycles. The van der Waals surface area contributed by atoms with Crippen LogP contribution < -0.4 is 0 Å². The van der Waals surface area contributed by atoms with Gasteiger partial charge in [0, 0.05) is 5.92 Å². The van der Waals surface area contributed by atoms with E-state index in [2.05, 4.69) is 58.0 Å². The summed E-state index contributed by atoms with van der Waals surface area (Å²) in [6.07, 6.45) is 4.92. The van der Waals surface area contributed by atoms with Gasteiger partial charge < -0.3 is 4.74 Å². The second kappa shape index (κ2) is 4.49. The monoisotopic (exact) mass is 256 g/mol. The van der Waals surface area contributed by atoms with Crippen molar-refractivity contribution in [1.82, 2.24) is 0 Å². The first-order valence-electron chi connectivity index (χ1n) is 7.43. The highest BCUT2D eigenvalue weighted by atomic mass is 16.5. The van der Waals surface area contributed by atoms with Crippen molar-refractivity contribution >= 4 is 0 Å². The fraction of sp³-hybridized carbons (Fsp3) is 0.556. The van der Waals surface area contributed by atoms with Crippen molar-refractivity contribution in [1.29, 1.82) is 0 Å². The van der Waals surface area contributed by atoms with E-state index in [9.17, 15) is 0 Å². The fourth-order valence-electron chi connectivity index (χ4n) is 3.54. The lowest BCUT2D eigenvalue weighted by Crippen LogP contribution is -2.35. The van der Waals surface area contributed by atoms with E-state index in [-0.39, 0.29) is 11.7 Å². The van der Waals surface area contributed by atoms with E-state index in [1.165, 1.54) is 23.1 Å². The van der Waals surface area contributed by atoms with Gasteiger partial charge in [0.1, 0.15) is 0 Å². The summed E-state index contributed by atoms with van der Waals surface area (Å²) in [6, 6.07) is 8.87. The minimum Gasteiger partial charge on any atom is -0.366 e. The summed E-state index contributed by atoms with van der Waals surface area (Å²) >= 11 is 0. The third kappa shape index (κ3) is 2.04. The van der Waals surface area contributed by atoms with Crippen molar-refractivity contribution in [3.63, 3.8) is 0 Å². The number of aryl methyl sites for hydroxylation is 1. The van der Waals surface area contributed by atoms with Gasteiger partial charge in [0.25, 0.3) is 0 Å². The molecule has 1 fully saturated rings.